The first-order chi connectivity index (χ1) is 8.54. The lowest BCUT2D eigenvalue weighted by Gasteiger charge is -2.19. The second-order valence-corrected chi connectivity index (χ2v) is 8.82. The molecule has 0 aromatic heterocycles. The normalized spacial score (nSPS) is 12.5. The van der Waals surface area contributed by atoms with Gasteiger partial charge in [-0.3, -0.25) is 0 Å². The molecule has 3 nitrogen and oxygen atoms in total. The molecule has 0 aliphatic heterocycles. The zero-order chi connectivity index (χ0) is 14.8. The first-order valence-electron chi connectivity index (χ1n) is 5.65. The van der Waals surface area contributed by atoms with Crippen LogP contribution in [0.25, 0.3) is 0 Å². The van der Waals surface area contributed by atoms with Gasteiger partial charge < -0.3 is 5.32 Å². The van der Waals surface area contributed by atoms with Crippen LogP contribution in [0.15, 0.2) is 16.6 Å². The molecule has 0 spiro atoms. The monoisotopic (exact) mass is 355 g/mol. The summed E-state index contributed by atoms with van der Waals surface area (Å²) in [6.07, 6.45) is 0. The van der Waals surface area contributed by atoms with E-state index in [0.29, 0.717) is 0 Å². The van der Waals surface area contributed by atoms with Crippen LogP contribution in [0, 0.1) is 11.6 Å². The van der Waals surface area contributed by atoms with Gasteiger partial charge >= 0.3 is 0 Å². The van der Waals surface area contributed by atoms with Gasteiger partial charge in [0, 0.05) is 17.1 Å². The molecule has 0 atom stereocenters. The SMILES string of the molecule is CC(C)(C)S(=O)(=O)CCNc1c(F)cc(F)cc1Br. The van der Waals surface area contributed by atoms with Gasteiger partial charge in [0.25, 0.3) is 0 Å². The fraction of sp³-hybridized carbons (Fsp3) is 0.500. The van der Waals surface area contributed by atoms with Gasteiger partial charge in [0.15, 0.2) is 9.84 Å². The Bertz CT molecular complexity index is 545. The molecular weight excluding hydrogens is 340 g/mol. The van der Waals surface area contributed by atoms with Crippen molar-refractivity contribution in [3.63, 3.8) is 0 Å². The van der Waals surface area contributed by atoms with E-state index in [9.17, 15) is 17.2 Å². The van der Waals surface area contributed by atoms with E-state index in [1.807, 2.05) is 0 Å². The molecule has 7 heteroatoms. The fourth-order valence-electron chi connectivity index (χ4n) is 1.33. The molecule has 0 bridgehead atoms. The number of benzene rings is 1. The number of hydrogen-bond acceptors (Lipinski definition) is 3. The number of anilines is 1. The van der Waals surface area contributed by atoms with Crippen molar-refractivity contribution in [1.29, 1.82) is 0 Å². The van der Waals surface area contributed by atoms with E-state index in [4.69, 9.17) is 0 Å². The summed E-state index contributed by atoms with van der Waals surface area (Å²) in [6, 6.07) is 1.86. The third-order valence-electron chi connectivity index (χ3n) is 2.61. The van der Waals surface area contributed by atoms with Gasteiger partial charge in [0.05, 0.1) is 16.2 Å². The van der Waals surface area contributed by atoms with Crippen molar-refractivity contribution in [2.75, 3.05) is 17.6 Å². The largest absolute Gasteiger partial charge is 0.381 e. The zero-order valence-corrected chi connectivity index (χ0v) is 13.3. The minimum atomic E-state index is -3.28. The first kappa shape index (κ1) is 16.4. The van der Waals surface area contributed by atoms with Gasteiger partial charge in [0.2, 0.25) is 0 Å². The van der Waals surface area contributed by atoms with Gasteiger partial charge in [-0.1, -0.05) is 0 Å². The minimum absolute atomic E-state index is 0.0563. The van der Waals surface area contributed by atoms with Crippen LogP contribution < -0.4 is 5.32 Å². The standard InChI is InChI=1S/C12H16BrF2NO2S/c1-12(2,3)19(17,18)5-4-16-11-9(13)6-8(14)7-10(11)15/h6-7,16H,4-5H2,1-3H3. The Kier molecular flexibility index (Phi) is 4.95. The highest BCUT2D eigenvalue weighted by Gasteiger charge is 2.28. The van der Waals surface area contributed by atoms with Crippen molar-refractivity contribution >= 4 is 31.5 Å². The van der Waals surface area contributed by atoms with Crippen molar-refractivity contribution in [2.45, 2.75) is 25.5 Å². The third kappa shape index (κ3) is 4.14. The summed E-state index contributed by atoms with van der Waals surface area (Å²) in [7, 11) is -3.28. The summed E-state index contributed by atoms with van der Waals surface area (Å²) in [5, 5.41) is 2.67. The molecule has 19 heavy (non-hydrogen) atoms. The van der Waals surface area contributed by atoms with E-state index in [0.717, 1.165) is 12.1 Å². The summed E-state index contributed by atoms with van der Waals surface area (Å²) >= 11 is 3.03. The third-order valence-corrected chi connectivity index (χ3v) is 5.85. The summed E-state index contributed by atoms with van der Waals surface area (Å²) in [4.78, 5) is 0. The molecule has 1 N–H and O–H groups in total. The van der Waals surface area contributed by atoms with Crippen molar-refractivity contribution in [1.82, 2.24) is 0 Å². The minimum Gasteiger partial charge on any atom is -0.381 e. The molecule has 0 amide bonds. The second-order valence-electron chi connectivity index (χ2n) is 5.10. The molecule has 0 saturated carbocycles. The summed E-state index contributed by atoms with van der Waals surface area (Å²) in [5.41, 5.74) is 0.0607. The van der Waals surface area contributed by atoms with Gasteiger partial charge in [-0.05, 0) is 42.8 Å². The van der Waals surface area contributed by atoms with Crippen LogP contribution in [0.5, 0.6) is 0 Å². The molecule has 1 aromatic rings. The number of sulfone groups is 1. The molecule has 0 saturated heterocycles. The fourth-order valence-corrected chi connectivity index (χ4v) is 2.86. The number of nitrogens with one attached hydrogen (secondary N) is 1. The number of hydrogen-bond donors (Lipinski definition) is 1. The molecule has 1 rings (SSSR count). The Morgan fingerprint density at radius 3 is 2.32 bits per heavy atom. The van der Waals surface area contributed by atoms with Gasteiger partial charge in [0.1, 0.15) is 11.6 Å². The molecule has 0 aliphatic rings. The van der Waals surface area contributed by atoms with Crippen LogP contribution in [-0.2, 0) is 9.84 Å². The van der Waals surface area contributed by atoms with Crippen LogP contribution in [0.2, 0.25) is 0 Å². The molecule has 0 heterocycles. The van der Waals surface area contributed by atoms with Crippen LogP contribution in [0.1, 0.15) is 20.8 Å². The maximum atomic E-state index is 13.5. The Morgan fingerprint density at radius 2 is 1.84 bits per heavy atom. The Labute approximate surface area is 120 Å². The predicted octanol–water partition coefficient (Wildman–Crippen LogP) is 3.35. The van der Waals surface area contributed by atoms with Crippen molar-refractivity contribution in [3.8, 4) is 0 Å². The molecule has 1 aromatic carbocycles. The first-order valence-corrected chi connectivity index (χ1v) is 8.10. The molecule has 0 unspecified atom stereocenters. The van der Waals surface area contributed by atoms with E-state index >= 15 is 0 Å². The molecule has 108 valence electrons. The average Bonchev–Trinajstić information content (AvgIpc) is 2.20. The average molecular weight is 356 g/mol. The Hall–Kier alpha value is -0.690. The smallest absolute Gasteiger partial charge is 0.156 e. The maximum Gasteiger partial charge on any atom is 0.156 e. The quantitative estimate of drug-likeness (QED) is 0.900. The summed E-state index contributed by atoms with van der Waals surface area (Å²) < 4.78 is 49.5. The van der Waals surface area contributed by atoms with E-state index in [-0.39, 0.29) is 22.5 Å². The Morgan fingerprint density at radius 1 is 1.26 bits per heavy atom. The van der Waals surface area contributed by atoms with Crippen molar-refractivity contribution in [2.24, 2.45) is 0 Å². The van der Waals surface area contributed by atoms with Gasteiger partial charge in [-0.15, -0.1) is 0 Å². The predicted molar refractivity (Wildman–Crippen MR) is 76.1 cm³/mol. The zero-order valence-electron chi connectivity index (χ0n) is 10.9. The lowest BCUT2D eigenvalue weighted by molar-refractivity contribution is 0.560. The van der Waals surface area contributed by atoms with E-state index < -0.39 is 26.2 Å². The molecule has 0 aliphatic carbocycles. The number of rotatable bonds is 4. The van der Waals surface area contributed by atoms with Gasteiger partial charge in [-0.2, -0.15) is 0 Å². The molecule has 0 fully saturated rings. The molecular formula is C12H16BrF2NO2S. The maximum absolute atomic E-state index is 13.5. The van der Waals surface area contributed by atoms with E-state index in [2.05, 4.69) is 21.2 Å². The number of halogens is 3. The van der Waals surface area contributed by atoms with E-state index in [1.165, 1.54) is 0 Å². The summed E-state index contributed by atoms with van der Waals surface area (Å²) in [5.74, 6) is -1.59. The summed E-state index contributed by atoms with van der Waals surface area (Å²) in [6.45, 7) is 4.88. The van der Waals surface area contributed by atoms with Crippen LogP contribution in [-0.4, -0.2) is 25.5 Å². The van der Waals surface area contributed by atoms with E-state index in [1.54, 1.807) is 20.8 Å². The lowest BCUT2D eigenvalue weighted by Crippen LogP contribution is -2.33. The van der Waals surface area contributed by atoms with Crippen molar-refractivity contribution in [3.05, 3.63) is 28.2 Å². The molecule has 0 radical (unpaired) electrons. The highest BCUT2D eigenvalue weighted by Crippen LogP contribution is 2.26. The van der Waals surface area contributed by atoms with Gasteiger partial charge in [-0.25, -0.2) is 17.2 Å². The van der Waals surface area contributed by atoms with Crippen LogP contribution >= 0.6 is 15.9 Å². The highest BCUT2D eigenvalue weighted by atomic mass is 79.9. The Balaban J connectivity index is 2.75. The highest BCUT2D eigenvalue weighted by molar-refractivity contribution is 9.10. The second kappa shape index (κ2) is 5.75. The van der Waals surface area contributed by atoms with Crippen LogP contribution in [0.3, 0.4) is 0 Å². The van der Waals surface area contributed by atoms with Crippen molar-refractivity contribution < 1.29 is 17.2 Å². The van der Waals surface area contributed by atoms with Crippen LogP contribution in [0.4, 0.5) is 14.5 Å². The topological polar surface area (TPSA) is 46.2 Å². The lowest BCUT2D eigenvalue weighted by atomic mass is 10.3.